The third kappa shape index (κ3) is 5.00. The number of hydrogen-bond acceptors (Lipinski definition) is 3. The lowest BCUT2D eigenvalue weighted by molar-refractivity contribution is 0.0584. The van der Waals surface area contributed by atoms with Gasteiger partial charge >= 0.3 is 6.09 Å². The normalized spacial score (nSPS) is 13.4. The van der Waals surface area contributed by atoms with Gasteiger partial charge in [-0.3, -0.25) is 4.90 Å². The number of benzene rings is 2. The van der Waals surface area contributed by atoms with Crippen LogP contribution in [0.5, 0.6) is 5.75 Å². The van der Waals surface area contributed by atoms with E-state index in [9.17, 15) is 13.6 Å². The third-order valence-electron chi connectivity index (χ3n) is 4.43. The number of hydrogen-bond donors (Lipinski definition) is 0. The van der Waals surface area contributed by atoms with Crippen molar-refractivity contribution in [2.75, 3.05) is 18.1 Å². The SMILES string of the molecule is CC(C)(C)OC(=O)N1CCc2cc(OCCCc3ccc(F)cc3F)ccc21. The molecule has 4 nitrogen and oxygen atoms in total. The lowest BCUT2D eigenvalue weighted by atomic mass is 10.1. The molecule has 1 aliphatic rings. The van der Waals surface area contributed by atoms with Crippen LogP contribution in [0, 0.1) is 11.6 Å². The van der Waals surface area contributed by atoms with Crippen LogP contribution in [0.1, 0.15) is 38.3 Å². The van der Waals surface area contributed by atoms with Gasteiger partial charge in [-0.15, -0.1) is 0 Å². The van der Waals surface area contributed by atoms with E-state index in [1.165, 1.54) is 12.1 Å². The molecule has 0 atom stereocenters. The van der Waals surface area contributed by atoms with Crippen LogP contribution in [0.15, 0.2) is 36.4 Å². The summed E-state index contributed by atoms with van der Waals surface area (Å²) in [4.78, 5) is 14.0. The molecule has 1 heterocycles. The Morgan fingerprint density at radius 1 is 1.14 bits per heavy atom. The van der Waals surface area contributed by atoms with Crippen molar-refractivity contribution in [3.8, 4) is 5.75 Å². The number of aryl methyl sites for hydroxylation is 1. The molecule has 0 N–H and O–H groups in total. The Morgan fingerprint density at radius 3 is 2.64 bits per heavy atom. The minimum Gasteiger partial charge on any atom is -0.494 e. The highest BCUT2D eigenvalue weighted by atomic mass is 19.1. The van der Waals surface area contributed by atoms with E-state index in [4.69, 9.17) is 9.47 Å². The number of fused-ring (bicyclic) bond motifs is 1. The minimum atomic E-state index is -0.573. The fraction of sp³-hybridized carbons (Fsp3) is 0.409. The maximum Gasteiger partial charge on any atom is 0.414 e. The summed E-state index contributed by atoms with van der Waals surface area (Å²) >= 11 is 0. The molecule has 0 spiro atoms. The smallest absolute Gasteiger partial charge is 0.414 e. The quantitative estimate of drug-likeness (QED) is 0.654. The van der Waals surface area contributed by atoms with Gasteiger partial charge < -0.3 is 9.47 Å². The lowest BCUT2D eigenvalue weighted by Crippen LogP contribution is -2.35. The summed E-state index contributed by atoms with van der Waals surface area (Å²) in [6.07, 6.45) is 1.49. The standard InChI is InChI=1S/C22H25F2NO3/c1-22(2,3)28-21(26)25-11-10-16-13-18(8-9-20(16)25)27-12-4-5-15-6-7-17(23)14-19(15)24/h6-9,13-14H,4-5,10-12H2,1-3H3. The van der Waals surface area contributed by atoms with E-state index < -0.39 is 17.2 Å². The first kappa shape index (κ1) is 20.1. The highest BCUT2D eigenvalue weighted by Crippen LogP contribution is 2.32. The van der Waals surface area contributed by atoms with Crippen LogP contribution in [-0.2, 0) is 17.6 Å². The van der Waals surface area contributed by atoms with Gasteiger partial charge in [0.05, 0.1) is 12.3 Å². The average molecular weight is 389 g/mol. The first-order valence-corrected chi connectivity index (χ1v) is 9.43. The van der Waals surface area contributed by atoms with Gasteiger partial charge in [0.1, 0.15) is 23.0 Å². The Balaban J connectivity index is 1.54. The number of amides is 1. The number of anilines is 1. The molecule has 3 rings (SSSR count). The first-order valence-electron chi connectivity index (χ1n) is 9.43. The second kappa shape index (κ2) is 8.17. The van der Waals surface area contributed by atoms with Crippen molar-refractivity contribution in [2.45, 2.75) is 45.6 Å². The second-order valence-corrected chi connectivity index (χ2v) is 7.86. The molecular weight excluding hydrogens is 364 g/mol. The zero-order chi connectivity index (χ0) is 20.3. The summed E-state index contributed by atoms with van der Waals surface area (Å²) in [5.74, 6) is -0.389. The summed E-state index contributed by atoms with van der Waals surface area (Å²) in [6.45, 7) is 6.53. The van der Waals surface area contributed by atoms with Gasteiger partial charge in [0, 0.05) is 12.6 Å². The van der Waals surface area contributed by atoms with Crippen molar-refractivity contribution in [2.24, 2.45) is 0 Å². The zero-order valence-electron chi connectivity index (χ0n) is 16.4. The topological polar surface area (TPSA) is 38.8 Å². The molecule has 150 valence electrons. The van der Waals surface area contributed by atoms with Crippen LogP contribution in [-0.4, -0.2) is 24.8 Å². The summed E-state index contributed by atoms with van der Waals surface area (Å²) in [7, 11) is 0. The summed E-state index contributed by atoms with van der Waals surface area (Å²) in [5.41, 5.74) is 1.82. The van der Waals surface area contributed by atoms with Gasteiger partial charge in [0.15, 0.2) is 0 Å². The maximum atomic E-state index is 13.6. The number of nitrogens with zero attached hydrogens (tertiary/aromatic N) is 1. The lowest BCUT2D eigenvalue weighted by Gasteiger charge is -2.24. The number of ether oxygens (including phenoxy) is 2. The molecule has 0 saturated heterocycles. The van der Waals surface area contributed by atoms with Crippen LogP contribution in [0.2, 0.25) is 0 Å². The number of carbonyl (C=O) groups excluding carboxylic acids is 1. The van der Waals surface area contributed by atoms with Gasteiger partial charge in [0.2, 0.25) is 0 Å². The highest BCUT2D eigenvalue weighted by Gasteiger charge is 2.29. The second-order valence-electron chi connectivity index (χ2n) is 7.86. The Kier molecular flexibility index (Phi) is 5.87. The van der Waals surface area contributed by atoms with Crippen molar-refractivity contribution in [3.63, 3.8) is 0 Å². The number of halogens is 2. The molecule has 1 amide bonds. The van der Waals surface area contributed by atoms with Crippen molar-refractivity contribution in [1.29, 1.82) is 0 Å². The zero-order valence-corrected chi connectivity index (χ0v) is 16.4. The molecule has 1 aliphatic heterocycles. The van der Waals surface area contributed by atoms with Crippen molar-refractivity contribution >= 4 is 11.8 Å². The van der Waals surface area contributed by atoms with Crippen LogP contribution in [0.3, 0.4) is 0 Å². The monoisotopic (exact) mass is 389 g/mol. The Bertz CT molecular complexity index is 861. The Morgan fingerprint density at radius 2 is 1.93 bits per heavy atom. The molecular formula is C22H25F2NO3. The fourth-order valence-electron chi connectivity index (χ4n) is 3.15. The van der Waals surface area contributed by atoms with Gasteiger partial charge in [-0.25, -0.2) is 13.6 Å². The fourth-order valence-corrected chi connectivity index (χ4v) is 3.15. The number of carbonyl (C=O) groups is 1. The largest absolute Gasteiger partial charge is 0.494 e. The molecule has 2 aromatic rings. The van der Waals surface area contributed by atoms with Crippen molar-refractivity contribution < 1.29 is 23.0 Å². The molecule has 28 heavy (non-hydrogen) atoms. The predicted molar refractivity (Wildman–Crippen MR) is 104 cm³/mol. The van der Waals surface area contributed by atoms with Gasteiger partial charge in [0.25, 0.3) is 0 Å². The van der Waals surface area contributed by atoms with E-state index in [-0.39, 0.29) is 6.09 Å². The Hall–Kier alpha value is -2.63. The minimum absolute atomic E-state index is 0.346. The molecule has 0 radical (unpaired) electrons. The molecule has 0 unspecified atom stereocenters. The molecule has 2 aromatic carbocycles. The van der Waals surface area contributed by atoms with Gasteiger partial charge in [-0.2, -0.15) is 0 Å². The van der Waals surface area contributed by atoms with Crippen molar-refractivity contribution in [3.05, 3.63) is 59.2 Å². The van der Waals surface area contributed by atoms with E-state index in [0.717, 1.165) is 23.7 Å². The summed E-state index contributed by atoms with van der Waals surface area (Å²) in [5, 5.41) is 0. The number of rotatable bonds is 5. The molecule has 0 aliphatic carbocycles. The summed E-state index contributed by atoms with van der Waals surface area (Å²) in [6, 6.07) is 9.23. The van der Waals surface area contributed by atoms with Crippen LogP contribution >= 0.6 is 0 Å². The van der Waals surface area contributed by atoms with Crippen LogP contribution < -0.4 is 9.64 Å². The van der Waals surface area contributed by atoms with E-state index in [2.05, 4.69) is 0 Å². The Labute approximate surface area is 164 Å². The molecule has 0 saturated carbocycles. The van der Waals surface area contributed by atoms with E-state index in [1.54, 1.807) is 4.90 Å². The molecule has 6 heteroatoms. The van der Waals surface area contributed by atoms with E-state index in [0.29, 0.717) is 37.3 Å². The van der Waals surface area contributed by atoms with Gasteiger partial charge in [-0.05, 0) is 75.4 Å². The van der Waals surface area contributed by atoms with Crippen molar-refractivity contribution in [1.82, 2.24) is 0 Å². The van der Waals surface area contributed by atoms with E-state index in [1.807, 2.05) is 39.0 Å². The predicted octanol–water partition coefficient (Wildman–Crippen LogP) is 5.27. The maximum absolute atomic E-state index is 13.6. The van der Waals surface area contributed by atoms with Crippen LogP contribution in [0.25, 0.3) is 0 Å². The molecule has 0 aromatic heterocycles. The average Bonchev–Trinajstić information content (AvgIpc) is 3.02. The van der Waals surface area contributed by atoms with Gasteiger partial charge in [-0.1, -0.05) is 6.07 Å². The third-order valence-corrected chi connectivity index (χ3v) is 4.43. The van der Waals surface area contributed by atoms with E-state index >= 15 is 0 Å². The first-order chi connectivity index (χ1) is 13.2. The molecule has 0 bridgehead atoms. The molecule has 0 fully saturated rings. The van der Waals surface area contributed by atoms with Crippen LogP contribution in [0.4, 0.5) is 19.3 Å². The highest BCUT2D eigenvalue weighted by molar-refractivity contribution is 5.90. The summed E-state index contributed by atoms with van der Waals surface area (Å²) < 4.78 is 37.8.